The largest absolute Gasteiger partial charge is 0.416 e. The Kier molecular flexibility index (Phi) is 5.05. The number of nitrogens with zero attached hydrogens (tertiary/aromatic N) is 4. The molecule has 158 valence electrons. The van der Waals surface area contributed by atoms with Crippen molar-refractivity contribution in [1.29, 1.82) is 0 Å². The van der Waals surface area contributed by atoms with E-state index < -0.39 is 23.2 Å². The maximum Gasteiger partial charge on any atom is 0.416 e. The van der Waals surface area contributed by atoms with E-state index in [4.69, 9.17) is 0 Å². The lowest BCUT2D eigenvalue weighted by molar-refractivity contribution is -0.137. The lowest BCUT2D eigenvalue weighted by atomic mass is 10.2. The monoisotopic (exact) mass is 427 g/mol. The standard InChI is InChI=1S/C21H16F3N5O2/c1-13-4-2-3-5-17(13)29-19-16(10-26-29)20(31)28(12-25-19)11-18(30)27-15-8-6-14(7-9-15)21(22,23)24/h2-10,12H,11H2,1H3,(H,27,30). The topological polar surface area (TPSA) is 81.8 Å². The third kappa shape index (κ3) is 4.04. The molecule has 0 spiro atoms. The number of anilines is 1. The summed E-state index contributed by atoms with van der Waals surface area (Å²) < 4.78 is 40.6. The van der Waals surface area contributed by atoms with Crippen molar-refractivity contribution in [3.05, 3.63) is 82.5 Å². The average molecular weight is 427 g/mol. The van der Waals surface area contributed by atoms with Crippen LogP contribution in [0.4, 0.5) is 18.9 Å². The third-order valence-corrected chi connectivity index (χ3v) is 4.71. The van der Waals surface area contributed by atoms with Crippen molar-refractivity contribution in [3.63, 3.8) is 0 Å². The zero-order chi connectivity index (χ0) is 22.2. The van der Waals surface area contributed by atoms with E-state index in [9.17, 15) is 22.8 Å². The Balaban J connectivity index is 1.55. The van der Waals surface area contributed by atoms with Gasteiger partial charge in [0.2, 0.25) is 5.91 Å². The second kappa shape index (κ2) is 7.71. The highest BCUT2D eigenvalue weighted by Crippen LogP contribution is 2.29. The Morgan fingerprint density at radius 3 is 2.48 bits per heavy atom. The van der Waals surface area contributed by atoms with E-state index in [1.165, 1.54) is 12.5 Å². The summed E-state index contributed by atoms with van der Waals surface area (Å²) in [5.41, 5.74) is 1.01. The molecule has 0 aliphatic rings. The van der Waals surface area contributed by atoms with Gasteiger partial charge in [0.25, 0.3) is 5.56 Å². The first-order chi connectivity index (χ1) is 14.7. The molecule has 0 unspecified atom stereocenters. The van der Waals surface area contributed by atoms with Gasteiger partial charge in [-0.05, 0) is 42.8 Å². The zero-order valence-electron chi connectivity index (χ0n) is 16.2. The predicted molar refractivity (Wildman–Crippen MR) is 108 cm³/mol. The Morgan fingerprint density at radius 2 is 1.81 bits per heavy atom. The highest BCUT2D eigenvalue weighted by Gasteiger charge is 2.30. The Morgan fingerprint density at radius 1 is 1.10 bits per heavy atom. The normalized spacial score (nSPS) is 11.6. The zero-order valence-corrected chi connectivity index (χ0v) is 16.2. The van der Waals surface area contributed by atoms with Crippen molar-refractivity contribution in [1.82, 2.24) is 19.3 Å². The first kappa shape index (κ1) is 20.3. The molecule has 0 radical (unpaired) electrons. The number of alkyl halides is 3. The molecule has 0 aliphatic carbocycles. The summed E-state index contributed by atoms with van der Waals surface area (Å²) in [6, 6.07) is 11.5. The van der Waals surface area contributed by atoms with E-state index in [-0.39, 0.29) is 17.6 Å². The number of hydrogen-bond acceptors (Lipinski definition) is 4. The van der Waals surface area contributed by atoms with Crippen LogP contribution in [0.25, 0.3) is 16.7 Å². The van der Waals surface area contributed by atoms with Gasteiger partial charge in [0, 0.05) is 5.69 Å². The smallest absolute Gasteiger partial charge is 0.325 e. The van der Waals surface area contributed by atoms with Crippen LogP contribution in [0.5, 0.6) is 0 Å². The van der Waals surface area contributed by atoms with Gasteiger partial charge in [-0.3, -0.25) is 14.2 Å². The van der Waals surface area contributed by atoms with Gasteiger partial charge in [0.05, 0.1) is 17.4 Å². The van der Waals surface area contributed by atoms with E-state index >= 15 is 0 Å². The SMILES string of the molecule is Cc1ccccc1-n1ncc2c(=O)n(CC(=O)Nc3ccc(C(F)(F)F)cc3)cnc21. The summed E-state index contributed by atoms with van der Waals surface area (Å²) in [5.74, 6) is -0.575. The predicted octanol–water partition coefficient (Wildman–Crippen LogP) is 3.55. The number of nitrogens with one attached hydrogen (secondary N) is 1. The van der Waals surface area contributed by atoms with E-state index in [0.717, 1.165) is 40.1 Å². The summed E-state index contributed by atoms with van der Waals surface area (Å²) in [4.78, 5) is 29.3. The number of rotatable bonds is 4. The maximum absolute atomic E-state index is 12.8. The van der Waals surface area contributed by atoms with Gasteiger partial charge in [-0.25, -0.2) is 9.67 Å². The van der Waals surface area contributed by atoms with Crippen LogP contribution in [0, 0.1) is 6.92 Å². The molecule has 4 rings (SSSR count). The number of aromatic nitrogens is 4. The second-order valence-corrected chi connectivity index (χ2v) is 6.88. The molecular formula is C21H16F3N5O2. The molecule has 1 N–H and O–H groups in total. The van der Waals surface area contributed by atoms with E-state index in [1.807, 2.05) is 31.2 Å². The van der Waals surface area contributed by atoms with Crippen molar-refractivity contribution in [3.8, 4) is 5.69 Å². The first-order valence-electron chi connectivity index (χ1n) is 9.20. The summed E-state index contributed by atoms with van der Waals surface area (Å²) in [5, 5.41) is 6.96. The van der Waals surface area contributed by atoms with Crippen LogP contribution in [0.3, 0.4) is 0 Å². The number of para-hydroxylation sites is 1. The molecule has 1 amide bonds. The molecule has 2 heterocycles. The molecule has 10 heteroatoms. The quantitative estimate of drug-likeness (QED) is 0.540. The van der Waals surface area contributed by atoms with Gasteiger partial charge in [-0.2, -0.15) is 18.3 Å². The van der Waals surface area contributed by atoms with Crippen LogP contribution in [0.1, 0.15) is 11.1 Å². The summed E-state index contributed by atoms with van der Waals surface area (Å²) in [6.07, 6.45) is -1.82. The van der Waals surface area contributed by atoms with Crippen LogP contribution in [0.2, 0.25) is 0 Å². The fraction of sp³-hybridized carbons (Fsp3) is 0.143. The molecule has 0 bridgehead atoms. The Hall–Kier alpha value is -3.95. The van der Waals surface area contributed by atoms with Gasteiger partial charge >= 0.3 is 6.18 Å². The van der Waals surface area contributed by atoms with Gasteiger partial charge in [-0.15, -0.1) is 0 Å². The number of fused-ring (bicyclic) bond motifs is 1. The Labute approximate surface area is 173 Å². The molecule has 31 heavy (non-hydrogen) atoms. The summed E-state index contributed by atoms with van der Waals surface area (Å²) >= 11 is 0. The van der Waals surface area contributed by atoms with Crippen molar-refractivity contribution < 1.29 is 18.0 Å². The molecule has 7 nitrogen and oxygen atoms in total. The number of benzene rings is 2. The highest BCUT2D eigenvalue weighted by molar-refractivity contribution is 5.90. The van der Waals surface area contributed by atoms with Crippen molar-refractivity contribution in [2.45, 2.75) is 19.6 Å². The highest BCUT2D eigenvalue weighted by atomic mass is 19.4. The number of amides is 1. The van der Waals surface area contributed by atoms with Crippen LogP contribution >= 0.6 is 0 Å². The third-order valence-electron chi connectivity index (χ3n) is 4.71. The van der Waals surface area contributed by atoms with Crippen molar-refractivity contribution >= 4 is 22.6 Å². The fourth-order valence-corrected chi connectivity index (χ4v) is 3.14. The minimum absolute atomic E-state index is 0.187. The molecule has 0 atom stereocenters. The molecule has 0 saturated heterocycles. The van der Waals surface area contributed by atoms with Gasteiger partial charge < -0.3 is 5.32 Å². The molecule has 0 fully saturated rings. The van der Waals surface area contributed by atoms with E-state index in [1.54, 1.807) is 4.68 Å². The van der Waals surface area contributed by atoms with Crippen LogP contribution in [0.15, 0.2) is 65.8 Å². The molecule has 0 saturated carbocycles. The lowest BCUT2D eigenvalue weighted by Gasteiger charge is -2.10. The fourth-order valence-electron chi connectivity index (χ4n) is 3.14. The minimum atomic E-state index is -4.46. The number of carbonyl (C=O) groups excluding carboxylic acids is 1. The van der Waals surface area contributed by atoms with Crippen molar-refractivity contribution in [2.24, 2.45) is 0 Å². The molecule has 0 aliphatic heterocycles. The number of carbonyl (C=O) groups is 1. The van der Waals surface area contributed by atoms with E-state index in [0.29, 0.717) is 5.65 Å². The van der Waals surface area contributed by atoms with Gasteiger partial charge in [-0.1, -0.05) is 18.2 Å². The molecule has 2 aromatic heterocycles. The van der Waals surface area contributed by atoms with Crippen LogP contribution in [-0.2, 0) is 17.5 Å². The van der Waals surface area contributed by atoms with Crippen LogP contribution < -0.4 is 10.9 Å². The van der Waals surface area contributed by atoms with Crippen molar-refractivity contribution in [2.75, 3.05) is 5.32 Å². The Bertz CT molecular complexity index is 1320. The second-order valence-electron chi connectivity index (χ2n) is 6.88. The number of aryl methyl sites for hydroxylation is 1. The van der Waals surface area contributed by atoms with Gasteiger partial charge in [0.1, 0.15) is 18.3 Å². The molecule has 2 aromatic carbocycles. The first-order valence-corrected chi connectivity index (χ1v) is 9.20. The lowest BCUT2D eigenvalue weighted by Crippen LogP contribution is -2.27. The van der Waals surface area contributed by atoms with E-state index in [2.05, 4.69) is 15.4 Å². The van der Waals surface area contributed by atoms with Gasteiger partial charge in [0.15, 0.2) is 5.65 Å². The van der Waals surface area contributed by atoms with Crippen LogP contribution in [-0.4, -0.2) is 25.2 Å². The summed E-state index contributed by atoms with van der Waals surface area (Å²) in [7, 11) is 0. The summed E-state index contributed by atoms with van der Waals surface area (Å²) in [6.45, 7) is 1.56. The molecule has 4 aromatic rings. The average Bonchev–Trinajstić information content (AvgIpc) is 3.15. The number of halogens is 3. The minimum Gasteiger partial charge on any atom is -0.325 e. The molecular weight excluding hydrogens is 411 g/mol. The maximum atomic E-state index is 12.8. The number of hydrogen-bond donors (Lipinski definition) is 1.